The van der Waals surface area contributed by atoms with E-state index in [4.69, 9.17) is 0 Å². The van der Waals surface area contributed by atoms with E-state index in [1.165, 1.54) is 47.8 Å². The first-order valence-corrected chi connectivity index (χ1v) is 9.77. The maximum absolute atomic E-state index is 12.2. The number of anilines is 1. The van der Waals surface area contributed by atoms with Gasteiger partial charge in [0.05, 0.1) is 17.2 Å². The number of nitro groups is 1. The van der Waals surface area contributed by atoms with Crippen LogP contribution in [0.2, 0.25) is 0 Å². The van der Waals surface area contributed by atoms with Crippen molar-refractivity contribution in [2.24, 2.45) is 0 Å². The van der Waals surface area contributed by atoms with E-state index in [0.717, 1.165) is 18.7 Å². The Morgan fingerprint density at radius 3 is 2.45 bits per heavy atom. The molecule has 1 saturated heterocycles. The first-order valence-electron chi connectivity index (χ1n) is 9.77. The van der Waals surface area contributed by atoms with Gasteiger partial charge in [-0.25, -0.2) is 4.68 Å². The van der Waals surface area contributed by atoms with E-state index in [1.807, 2.05) is 12.1 Å². The first kappa shape index (κ1) is 18.9. The third-order valence-electron chi connectivity index (χ3n) is 5.20. The van der Waals surface area contributed by atoms with Crippen LogP contribution >= 0.6 is 0 Å². The standard InChI is InChI=1S/C22H22N4O3/c27-22-12-11-21(18-7-9-19(10-8-18)24-13-2-1-3-14-24)23-25(22)16-17-5-4-6-20(15-17)26(28)29/h4-12,15H,1-3,13-14,16H2. The highest BCUT2D eigenvalue weighted by Crippen LogP contribution is 2.24. The Morgan fingerprint density at radius 1 is 0.966 bits per heavy atom. The number of benzene rings is 2. The number of nitrogens with zero attached hydrogens (tertiary/aromatic N) is 4. The largest absolute Gasteiger partial charge is 0.372 e. The Labute approximate surface area is 168 Å². The van der Waals surface area contributed by atoms with E-state index >= 15 is 0 Å². The minimum Gasteiger partial charge on any atom is -0.372 e. The van der Waals surface area contributed by atoms with Gasteiger partial charge in [-0.3, -0.25) is 14.9 Å². The molecule has 0 spiro atoms. The molecule has 1 aliphatic heterocycles. The van der Waals surface area contributed by atoms with Crippen LogP contribution in [0.3, 0.4) is 0 Å². The van der Waals surface area contributed by atoms with Crippen molar-refractivity contribution in [3.05, 3.63) is 86.7 Å². The topological polar surface area (TPSA) is 81.3 Å². The highest BCUT2D eigenvalue weighted by atomic mass is 16.6. The Balaban J connectivity index is 1.57. The van der Waals surface area contributed by atoms with Gasteiger partial charge in [-0.1, -0.05) is 24.3 Å². The minimum atomic E-state index is -0.444. The molecule has 0 bridgehead atoms. The molecule has 148 valence electrons. The predicted octanol–water partition coefficient (Wildman–Crippen LogP) is 3.86. The van der Waals surface area contributed by atoms with E-state index < -0.39 is 4.92 Å². The van der Waals surface area contributed by atoms with Crippen molar-refractivity contribution in [2.75, 3.05) is 18.0 Å². The second-order valence-electron chi connectivity index (χ2n) is 7.24. The third-order valence-corrected chi connectivity index (χ3v) is 5.20. The number of piperidine rings is 1. The van der Waals surface area contributed by atoms with Crippen molar-refractivity contribution < 1.29 is 4.92 Å². The Kier molecular flexibility index (Phi) is 5.37. The SMILES string of the molecule is O=c1ccc(-c2ccc(N3CCCCC3)cc2)nn1Cc1cccc([N+](=O)[O-])c1. The fourth-order valence-electron chi connectivity index (χ4n) is 3.65. The summed E-state index contributed by atoms with van der Waals surface area (Å²) in [5.74, 6) is 0. The zero-order chi connectivity index (χ0) is 20.2. The lowest BCUT2D eigenvalue weighted by molar-refractivity contribution is -0.384. The van der Waals surface area contributed by atoms with Gasteiger partial charge in [0.1, 0.15) is 0 Å². The second kappa shape index (κ2) is 8.26. The van der Waals surface area contributed by atoms with E-state index in [2.05, 4.69) is 22.1 Å². The molecular weight excluding hydrogens is 368 g/mol. The lowest BCUT2D eigenvalue weighted by atomic mass is 10.1. The lowest BCUT2D eigenvalue weighted by Crippen LogP contribution is -2.29. The van der Waals surface area contributed by atoms with Crippen LogP contribution in [-0.4, -0.2) is 27.8 Å². The van der Waals surface area contributed by atoms with Crippen LogP contribution in [0.15, 0.2) is 65.5 Å². The van der Waals surface area contributed by atoms with Crippen LogP contribution in [0, 0.1) is 10.1 Å². The molecule has 0 N–H and O–H groups in total. The molecule has 1 fully saturated rings. The zero-order valence-corrected chi connectivity index (χ0v) is 16.0. The molecule has 2 heterocycles. The van der Waals surface area contributed by atoms with Gasteiger partial charge in [0.15, 0.2) is 0 Å². The summed E-state index contributed by atoms with van der Waals surface area (Å²) in [4.78, 5) is 25.2. The molecule has 0 amide bonds. The van der Waals surface area contributed by atoms with Crippen molar-refractivity contribution in [2.45, 2.75) is 25.8 Å². The normalized spacial score (nSPS) is 14.0. The summed E-state index contributed by atoms with van der Waals surface area (Å²) in [6, 6.07) is 17.7. The highest BCUT2D eigenvalue weighted by Gasteiger charge is 2.12. The highest BCUT2D eigenvalue weighted by molar-refractivity contribution is 5.62. The van der Waals surface area contributed by atoms with Gasteiger partial charge in [0.2, 0.25) is 0 Å². The molecule has 7 nitrogen and oxygen atoms in total. The molecule has 0 radical (unpaired) electrons. The molecule has 7 heteroatoms. The monoisotopic (exact) mass is 390 g/mol. The zero-order valence-electron chi connectivity index (χ0n) is 16.0. The summed E-state index contributed by atoms with van der Waals surface area (Å²) in [5.41, 5.74) is 3.24. The van der Waals surface area contributed by atoms with Crippen molar-refractivity contribution in [3.8, 4) is 11.3 Å². The number of non-ortho nitro benzene ring substituents is 1. The number of hydrogen-bond donors (Lipinski definition) is 0. The van der Waals surface area contributed by atoms with Crippen molar-refractivity contribution in [1.82, 2.24) is 9.78 Å². The van der Waals surface area contributed by atoms with Crippen LogP contribution in [0.25, 0.3) is 11.3 Å². The van der Waals surface area contributed by atoms with Crippen LogP contribution in [0.4, 0.5) is 11.4 Å². The van der Waals surface area contributed by atoms with Crippen LogP contribution in [-0.2, 0) is 6.54 Å². The summed E-state index contributed by atoms with van der Waals surface area (Å²) < 4.78 is 1.34. The van der Waals surface area contributed by atoms with Gasteiger partial charge in [0.25, 0.3) is 11.2 Å². The maximum atomic E-state index is 12.2. The molecule has 0 aliphatic carbocycles. The van der Waals surface area contributed by atoms with E-state index in [-0.39, 0.29) is 17.8 Å². The lowest BCUT2D eigenvalue weighted by Gasteiger charge is -2.28. The van der Waals surface area contributed by atoms with Crippen LogP contribution in [0.1, 0.15) is 24.8 Å². The quantitative estimate of drug-likeness (QED) is 0.488. The fraction of sp³-hybridized carbons (Fsp3) is 0.273. The molecule has 3 aromatic rings. The Bertz CT molecular complexity index is 1070. The fourth-order valence-corrected chi connectivity index (χ4v) is 3.65. The van der Waals surface area contributed by atoms with E-state index in [0.29, 0.717) is 11.3 Å². The van der Waals surface area contributed by atoms with Gasteiger partial charge < -0.3 is 4.90 Å². The van der Waals surface area contributed by atoms with Gasteiger partial charge in [-0.2, -0.15) is 5.10 Å². The molecule has 1 aromatic heterocycles. The van der Waals surface area contributed by atoms with Crippen molar-refractivity contribution >= 4 is 11.4 Å². The maximum Gasteiger partial charge on any atom is 0.269 e. The van der Waals surface area contributed by atoms with Crippen LogP contribution < -0.4 is 10.5 Å². The van der Waals surface area contributed by atoms with Gasteiger partial charge >= 0.3 is 0 Å². The molecule has 2 aromatic carbocycles. The summed E-state index contributed by atoms with van der Waals surface area (Å²) in [5, 5.41) is 15.4. The van der Waals surface area contributed by atoms with Gasteiger partial charge in [-0.05, 0) is 43.0 Å². The average Bonchev–Trinajstić information content (AvgIpc) is 2.76. The third kappa shape index (κ3) is 4.34. The summed E-state index contributed by atoms with van der Waals surface area (Å²) in [6.45, 7) is 2.36. The molecular formula is C22H22N4O3. The van der Waals surface area contributed by atoms with Crippen LogP contribution in [0.5, 0.6) is 0 Å². The average molecular weight is 390 g/mol. The molecule has 1 aliphatic rings. The second-order valence-corrected chi connectivity index (χ2v) is 7.24. The molecule has 0 atom stereocenters. The summed E-state index contributed by atoms with van der Waals surface area (Å²) in [7, 11) is 0. The molecule has 0 saturated carbocycles. The minimum absolute atomic E-state index is 0.00000469. The van der Waals surface area contributed by atoms with Gasteiger partial charge in [0, 0.05) is 42.5 Å². The first-order chi connectivity index (χ1) is 14.1. The Morgan fingerprint density at radius 2 is 1.72 bits per heavy atom. The molecule has 4 rings (SSSR count). The van der Waals surface area contributed by atoms with Gasteiger partial charge in [-0.15, -0.1) is 0 Å². The van der Waals surface area contributed by atoms with Crippen molar-refractivity contribution in [3.63, 3.8) is 0 Å². The molecule has 0 unspecified atom stereocenters. The number of aromatic nitrogens is 2. The Hall–Kier alpha value is -3.48. The number of rotatable bonds is 5. The number of nitro benzene ring substituents is 1. The van der Waals surface area contributed by atoms with Crippen molar-refractivity contribution in [1.29, 1.82) is 0 Å². The number of hydrogen-bond acceptors (Lipinski definition) is 5. The summed E-state index contributed by atoms with van der Waals surface area (Å²) >= 11 is 0. The van der Waals surface area contributed by atoms with E-state index in [9.17, 15) is 14.9 Å². The molecule has 29 heavy (non-hydrogen) atoms. The van der Waals surface area contributed by atoms with E-state index in [1.54, 1.807) is 18.2 Å². The predicted molar refractivity (Wildman–Crippen MR) is 112 cm³/mol. The smallest absolute Gasteiger partial charge is 0.269 e. The summed E-state index contributed by atoms with van der Waals surface area (Å²) in [6.07, 6.45) is 3.75.